The number of anilines is 2. The molecule has 144 valence electrons. The van der Waals surface area contributed by atoms with Crippen molar-refractivity contribution in [1.82, 2.24) is 19.9 Å². The van der Waals surface area contributed by atoms with Crippen LogP contribution in [0.25, 0.3) is 0 Å². The summed E-state index contributed by atoms with van der Waals surface area (Å²) in [7, 11) is 1.74. The Labute approximate surface area is 165 Å². The summed E-state index contributed by atoms with van der Waals surface area (Å²) in [5.41, 5.74) is 3.51. The Bertz CT molecular complexity index is 931. The van der Waals surface area contributed by atoms with Gasteiger partial charge < -0.3 is 10.1 Å². The van der Waals surface area contributed by atoms with E-state index in [9.17, 15) is 0 Å². The second-order valence-corrected chi connectivity index (χ2v) is 7.11. The largest absolute Gasteiger partial charge is 0.496 e. The van der Waals surface area contributed by atoms with Crippen LogP contribution in [0.1, 0.15) is 35.7 Å². The molecule has 0 saturated carbocycles. The predicted molar refractivity (Wildman–Crippen MR) is 110 cm³/mol. The normalized spacial score (nSPS) is 16.9. The Kier molecular flexibility index (Phi) is 5.48. The van der Waals surface area contributed by atoms with Crippen molar-refractivity contribution in [2.45, 2.75) is 32.4 Å². The molecule has 0 aliphatic carbocycles. The highest BCUT2D eigenvalue weighted by Gasteiger charge is 2.28. The molecule has 0 amide bonds. The minimum absolute atomic E-state index is 0.301. The van der Waals surface area contributed by atoms with Gasteiger partial charge in [0.25, 0.3) is 0 Å². The topological polar surface area (TPSA) is 63.2 Å². The number of rotatable bonds is 6. The lowest BCUT2D eigenvalue weighted by atomic mass is 10.1. The third kappa shape index (κ3) is 4.12. The smallest absolute Gasteiger partial charge is 0.150 e. The second-order valence-electron chi connectivity index (χ2n) is 7.11. The first-order valence-corrected chi connectivity index (χ1v) is 9.60. The highest BCUT2D eigenvalue weighted by atomic mass is 16.5. The van der Waals surface area contributed by atoms with E-state index in [1.165, 1.54) is 17.5 Å². The van der Waals surface area contributed by atoms with Gasteiger partial charge in [-0.3, -0.25) is 9.88 Å². The van der Waals surface area contributed by atoms with Gasteiger partial charge in [0.2, 0.25) is 0 Å². The average molecular weight is 375 g/mol. The summed E-state index contributed by atoms with van der Waals surface area (Å²) in [5.74, 6) is 2.44. The summed E-state index contributed by atoms with van der Waals surface area (Å²) in [6, 6.07) is 12.8. The molecule has 6 heteroatoms. The number of methoxy groups -OCH3 is 1. The van der Waals surface area contributed by atoms with E-state index in [-0.39, 0.29) is 0 Å². The molecule has 3 heterocycles. The van der Waals surface area contributed by atoms with E-state index in [2.05, 4.69) is 51.4 Å². The molecular weight excluding hydrogens is 350 g/mol. The molecule has 1 fully saturated rings. The van der Waals surface area contributed by atoms with Crippen molar-refractivity contribution >= 4 is 11.6 Å². The summed E-state index contributed by atoms with van der Waals surface area (Å²) < 4.78 is 5.60. The Hall–Kier alpha value is -2.99. The number of aromatic nitrogens is 3. The van der Waals surface area contributed by atoms with E-state index in [1.54, 1.807) is 25.7 Å². The summed E-state index contributed by atoms with van der Waals surface area (Å²) in [5, 5.41) is 3.23. The molecule has 3 aromatic rings. The van der Waals surface area contributed by atoms with Crippen molar-refractivity contribution in [1.29, 1.82) is 0 Å². The van der Waals surface area contributed by atoms with E-state index >= 15 is 0 Å². The van der Waals surface area contributed by atoms with Crippen molar-refractivity contribution in [2.24, 2.45) is 0 Å². The molecule has 4 rings (SSSR count). The van der Waals surface area contributed by atoms with E-state index in [0.29, 0.717) is 11.9 Å². The van der Waals surface area contributed by atoms with Crippen LogP contribution in [0, 0.1) is 6.92 Å². The van der Waals surface area contributed by atoms with Crippen molar-refractivity contribution in [2.75, 3.05) is 19.0 Å². The molecule has 0 spiro atoms. The SMILES string of the molecule is COc1cc(C)ccc1CN1CCC[C@H]1c1cccc(Nc2cnccn2)n1. The maximum atomic E-state index is 5.60. The van der Waals surface area contributed by atoms with Crippen LogP contribution < -0.4 is 10.1 Å². The van der Waals surface area contributed by atoms with Gasteiger partial charge in [-0.15, -0.1) is 0 Å². The Morgan fingerprint density at radius 3 is 2.93 bits per heavy atom. The van der Waals surface area contributed by atoms with Crippen LogP contribution in [-0.4, -0.2) is 33.5 Å². The van der Waals surface area contributed by atoms with Crippen LogP contribution in [0.3, 0.4) is 0 Å². The number of nitrogens with one attached hydrogen (secondary N) is 1. The van der Waals surface area contributed by atoms with Gasteiger partial charge in [0.1, 0.15) is 17.4 Å². The van der Waals surface area contributed by atoms with Gasteiger partial charge >= 0.3 is 0 Å². The molecule has 1 aliphatic rings. The number of nitrogens with zero attached hydrogens (tertiary/aromatic N) is 4. The number of aryl methyl sites for hydroxylation is 1. The van der Waals surface area contributed by atoms with Crippen LogP contribution in [0.5, 0.6) is 5.75 Å². The molecule has 1 aliphatic heterocycles. The molecule has 1 atom stereocenters. The van der Waals surface area contributed by atoms with Gasteiger partial charge in [-0.1, -0.05) is 18.2 Å². The highest BCUT2D eigenvalue weighted by Crippen LogP contribution is 2.34. The molecule has 6 nitrogen and oxygen atoms in total. The standard InChI is InChI=1S/C22H25N5O/c1-16-8-9-17(20(13-16)28-2)15-27-12-4-6-19(27)18-5-3-7-21(25-18)26-22-14-23-10-11-24-22/h3,5,7-11,13-14,19H,4,6,12,15H2,1-2H3,(H,24,25,26)/t19-/m0/s1. The maximum Gasteiger partial charge on any atom is 0.150 e. The van der Waals surface area contributed by atoms with Gasteiger partial charge in [-0.05, 0) is 50.1 Å². The minimum atomic E-state index is 0.301. The van der Waals surface area contributed by atoms with Crippen molar-refractivity contribution in [3.05, 3.63) is 71.8 Å². The molecular formula is C22H25N5O. The number of benzene rings is 1. The van der Waals surface area contributed by atoms with Crippen LogP contribution >= 0.6 is 0 Å². The lowest BCUT2D eigenvalue weighted by Gasteiger charge is -2.25. The number of hydrogen-bond donors (Lipinski definition) is 1. The number of likely N-dealkylation sites (tertiary alicyclic amines) is 1. The second kappa shape index (κ2) is 8.35. The Morgan fingerprint density at radius 2 is 2.11 bits per heavy atom. The monoisotopic (exact) mass is 375 g/mol. The fourth-order valence-electron chi connectivity index (χ4n) is 3.75. The summed E-state index contributed by atoms with van der Waals surface area (Å²) >= 11 is 0. The summed E-state index contributed by atoms with van der Waals surface area (Å²) in [6.07, 6.45) is 7.29. The lowest BCUT2D eigenvalue weighted by molar-refractivity contribution is 0.240. The molecule has 2 aromatic heterocycles. The molecule has 0 radical (unpaired) electrons. The van der Waals surface area contributed by atoms with Crippen molar-refractivity contribution in [3.8, 4) is 5.75 Å². The zero-order chi connectivity index (χ0) is 19.3. The first-order valence-electron chi connectivity index (χ1n) is 9.60. The minimum Gasteiger partial charge on any atom is -0.496 e. The van der Waals surface area contributed by atoms with Gasteiger partial charge in [-0.25, -0.2) is 9.97 Å². The van der Waals surface area contributed by atoms with Crippen molar-refractivity contribution in [3.63, 3.8) is 0 Å². The number of pyridine rings is 1. The third-order valence-corrected chi connectivity index (χ3v) is 5.11. The van der Waals surface area contributed by atoms with Crippen LogP contribution in [0.15, 0.2) is 55.0 Å². The number of hydrogen-bond acceptors (Lipinski definition) is 6. The van der Waals surface area contributed by atoms with Gasteiger partial charge in [0.05, 0.1) is 25.0 Å². The van der Waals surface area contributed by atoms with Gasteiger partial charge in [0, 0.05) is 24.5 Å². The molecule has 0 bridgehead atoms. The molecule has 28 heavy (non-hydrogen) atoms. The molecule has 1 saturated heterocycles. The third-order valence-electron chi connectivity index (χ3n) is 5.11. The van der Waals surface area contributed by atoms with E-state index < -0.39 is 0 Å². The Balaban J connectivity index is 1.53. The quantitative estimate of drug-likeness (QED) is 0.694. The highest BCUT2D eigenvalue weighted by molar-refractivity contribution is 5.50. The fourth-order valence-corrected chi connectivity index (χ4v) is 3.75. The zero-order valence-corrected chi connectivity index (χ0v) is 16.3. The van der Waals surface area contributed by atoms with Crippen LogP contribution in [0.4, 0.5) is 11.6 Å². The first-order chi connectivity index (χ1) is 13.7. The summed E-state index contributed by atoms with van der Waals surface area (Å²) in [6.45, 7) is 4.01. The molecule has 1 aromatic carbocycles. The van der Waals surface area contributed by atoms with Crippen molar-refractivity contribution < 1.29 is 4.74 Å². The average Bonchev–Trinajstić information content (AvgIpc) is 3.18. The van der Waals surface area contributed by atoms with E-state index in [0.717, 1.165) is 36.8 Å². The summed E-state index contributed by atoms with van der Waals surface area (Å²) in [4.78, 5) is 15.7. The van der Waals surface area contributed by atoms with Gasteiger partial charge in [0.15, 0.2) is 0 Å². The predicted octanol–water partition coefficient (Wildman–Crippen LogP) is 4.27. The first kappa shape index (κ1) is 18.4. The van der Waals surface area contributed by atoms with Crippen LogP contribution in [0.2, 0.25) is 0 Å². The van der Waals surface area contributed by atoms with Crippen LogP contribution in [-0.2, 0) is 6.54 Å². The maximum absolute atomic E-state index is 5.60. The van der Waals surface area contributed by atoms with E-state index in [1.807, 2.05) is 12.1 Å². The fraction of sp³-hybridized carbons (Fsp3) is 0.318. The molecule has 0 unspecified atom stereocenters. The lowest BCUT2D eigenvalue weighted by Crippen LogP contribution is -2.24. The van der Waals surface area contributed by atoms with Gasteiger partial charge in [-0.2, -0.15) is 0 Å². The Morgan fingerprint density at radius 1 is 1.18 bits per heavy atom. The van der Waals surface area contributed by atoms with E-state index in [4.69, 9.17) is 9.72 Å². The molecule has 1 N–H and O–H groups in total. The zero-order valence-electron chi connectivity index (χ0n) is 16.3. The number of ether oxygens (including phenoxy) is 1.